The van der Waals surface area contributed by atoms with Crippen LogP contribution in [0.2, 0.25) is 0 Å². The molecule has 1 saturated heterocycles. The van der Waals surface area contributed by atoms with Crippen LogP contribution < -0.4 is 15.2 Å². The highest BCUT2D eigenvalue weighted by Gasteiger charge is 2.23. The van der Waals surface area contributed by atoms with Gasteiger partial charge in [0.2, 0.25) is 5.91 Å². The highest BCUT2D eigenvalue weighted by Crippen LogP contribution is 2.28. The van der Waals surface area contributed by atoms with Crippen molar-refractivity contribution in [2.24, 2.45) is 0 Å². The Kier molecular flexibility index (Phi) is 5.20. The number of methoxy groups -OCH3 is 1. The van der Waals surface area contributed by atoms with Gasteiger partial charge in [-0.25, -0.2) is 9.97 Å². The Labute approximate surface area is 167 Å². The number of aryl methyl sites for hydroxylation is 1. The van der Waals surface area contributed by atoms with Gasteiger partial charge in [0.15, 0.2) is 0 Å². The Balaban J connectivity index is 1.38. The van der Waals surface area contributed by atoms with Crippen molar-refractivity contribution in [1.82, 2.24) is 24.5 Å². The van der Waals surface area contributed by atoms with Gasteiger partial charge in [0, 0.05) is 38.2 Å². The molecule has 0 unspecified atom stereocenters. The van der Waals surface area contributed by atoms with E-state index in [1.165, 1.54) is 10.8 Å². The number of carbonyl (C=O) groups is 1. The SMILES string of the molecule is COc1ccccc1N1CCN(C(=O)CCc2c(C)nc3nc[nH]n3c2=O)CC1. The standard InChI is InChI=1S/C20H24N6O3/c1-14-15(19(28)26-20(23-14)21-13-22-26)7-8-18(27)25-11-9-24(10-12-25)16-5-3-4-6-17(16)29-2/h3-6,13H,7-12H2,1-2H3,(H,21,22,23). The van der Waals surface area contributed by atoms with Gasteiger partial charge in [0.1, 0.15) is 12.1 Å². The van der Waals surface area contributed by atoms with Crippen molar-refractivity contribution >= 4 is 17.4 Å². The molecule has 1 aromatic carbocycles. The summed E-state index contributed by atoms with van der Waals surface area (Å²) in [6.45, 7) is 4.56. The first-order chi connectivity index (χ1) is 14.1. The van der Waals surface area contributed by atoms with Gasteiger partial charge < -0.3 is 14.5 Å². The summed E-state index contributed by atoms with van der Waals surface area (Å²) in [5, 5.41) is 2.76. The molecule has 0 atom stereocenters. The van der Waals surface area contributed by atoms with E-state index in [9.17, 15) is 9.59 Å². The van der Waals surface area contributed by atoms with E-state index in [1.807, 2.05) is 29.2 Å². The number of benzene rings is 1. The molecule has 2 aromatic heterocycles. The Morgan fingerprint density at radius 1 is 1.21 bits per heavy atom. The summed E-state index contributed by atoms with van der Waals surface area (Å²) in [4.78, 5) is 37.7. The molecule has 9 heteroatoms. The summed E-state index contributed by atoms with van der Waals surface area (Å²) in [7, 11) is 1.67. The van der Waals surface area contributed by atoms with Crippen molar-refractivity contribution in [3.05, 3.63) is 52.2 Å². The molecule has 1 amide bonds. The minimum Gasteiger partial charge on any atom is -0.495 e. The molecule has 0 spiro atoms. The molecule has 3 heterocycles. The highest BCUT2D eigenvalue weighted by molar-refractivity contribution is 5.77. The van der Waals surface area contributed by atoms with Crippen molar-refractivity contribution in [2.75, 3.05) is 38.2 Å². The molecule has 0 saturated carbocycles. The normalized spacial score (nSPS) is 14.4. The van der Waals surface area contributed by atoms with Crippen LogP contribution in [0.1, 0.15) is 17.7 Å². The molecule has 1 aliphatic rings. The molecule has 1 N–H and O–H groups in total. The molecule has 1 aliphatic heterocycles. The number of anilines is 1. The molecule has 3 aromatic rings. The lowest BCUT2D eigenvalue weighted by Gasteiger charge is -2.36. The number of aromatic nitrogens is 4. The van der Waals surface area contributed by atoms with Crippen LogP contribution in [0, 0.1) is 6.92 Å². The fourth-order valence-corrected chi connectivity index (χ4v) is 3.76. The van der Waals surface area contributed by atoms with Gasteiger partial charge in [-0.1, -0.05) is 12.1 Å². The van der Waals surface area contributed by atoms with Gasteiger partial charge in [0.05, 0.1) is 18.5 Å². The lowest BCUT2D eigenvalue weighted by molar-refractivity contribution is -0.131. The van der Waals surface area contributed by atoms with E-state index in [0.29, 0.717) is 36.5 Å². The van der Waals surface area contributed by atoms with E-state index in [4.69, 9.17) is 4.74 Å². The van der Waals surface area contributed by atoms with Crippen LogP contribution in [0.3, 0.4) is 0 Å². The topological polar surface area (TPSA) is 95.8 Å². The first-order valence-electron chi connectivity index (χ1n) is 9.66. The third-order valence-corrected chi connectivity index (χ3v) is 5.38. The Morgan fingerprint density at radius 3 is 2.72 bits per heavy atom. The fourth-order valence-electron chi connectivity index (χ4n) is 3.76. The second-order valence-electron chi connectivity index (χ2n) is 7.04. The summed E-state index contributed by atoms with van der Waals surface area (Å²) in [5.74, 6) is 1.23. The van der Waals surface area contributed by atoms with Gasteiger partial charge in [-0.3, -0.25) is 14.7 Å². The number of nitrogens with zero attached hydrogens (tertiary/aromatic N) is 5. The molecule has 0 aliphatic carbocycles. The number of hydrogen-bond acceptors (Lipinski definition) is 6. The number of ether oxygens (including phenoxy) is 1. The quantitative estimate of drug-likeness (QED) is 0.692. The second-order valence-corrected chi connectivity index (χ2v) is 7.04. The van der Waals surface area contributed by atoms with Gasteiger partial charge >= 0.3 is 0 Å². The van der Waals surface area contributed by atoms with Crippen LogP contribution >= 0.6 is 0 Å². The molecule has 9 nitrogen and oxygen atoms in total. The Bertz CT molecular complexity index is 1080. The second kappa shape index (κ2) is 7.94. The molecule has 0 bridgehead atoms. The summed E-state index contributed by atoms with van der Waals surface area (Å²) in [6, 6.07) is 7.91. The number of para-hydroxylation sites is 2. The van der Waals surface area contributed by atoms with Crippen LogP contribution in [0.15, 0.2) is 35.4 Å². The van der Waals surface area contributed by atoms with Gasteiger partial charge in [0.25, 0.3) is 11.3 Å². The summed E-state index contributed by atoms with van der Waals surface area (Å²) in [6.07, 6.45) is 2.08. The first-order valence-corrected chi connectivity index (χ1v) is 9.66. The predicted octanol–water partition coefficient (Wildman–Crippen LogP) is 1.02. The van der Waals surface area contributed by atoms with Gasteiger partial charge in [-0.15, -0.1) is 0 Å². The number of hydrogen-bond donors (Lipinski definition) is 1. The minimum absolute atomic E-state index is 0.0539. The van der Waals surface area contributed by atoms with Gasteiger partial charge in [-0.05, 0) is 25.5 Å². The zero-order valence-corrected chi connectivity index (χ0v) is 16.6. The maximum Gasteiger partial charge on any atom is 0.277 e. The van der Waals surface area contributed by atoms with E-state index >= 15 is 0 Å². The first kappa shape index (κ1) is 19.0. The number of fused-ring (bicyclic) bond motifs is 1. The number of H-pyrrole nitrogens is 1. The highest BCUT2D eigenvalue weighted by atomic mass is 16.5. The number of amides is 1. The van der Waals surface area contributed by atoms with Crippen molar-refractivity contribution in [3.8, 4) is 5.75 Å². The zero-order chi connectivity index (χ0) is 20.4. The largest absolute Gasteiger partial charge is 0.495 e. The Morgan fingerprint density at radius 2 is 1.97 bits per heavy atom. The molecular formula is C20H24N6O3. The van der Waals surface area contributed by atoms with E-state index in [2.05, 4.69) is 20.0 Å². The summed E-state index contributed by atoms with van der Waals surface area (Å²) >= 11 is 0. The van der Waals surface area contributed by atoms with E-state index in [1.54, 1.807) is 14.0 Å². The van der Waals surface area contributed by atoms with Crippen LogP contribution in [-0.2, 0) is 11.2 Å². The smallest absolute Gasteiger partial charge is 0.277 e. The van der Waals surface area contributed by atoms with Gasteiger partial charge in [-0.2, -0.15) is 4.52 Å². The number of nitrogens with one attached hydrogen (secondary N) is 1. The average molecular weight is 396 g/mol. The maximum atomic E-state index is 12.7. The molecule has 4 rings (SSSR count). The number of carbonyl (C=O) groups excluding carboxylic acids is 1. The average Bonchev–Trinajstić information content (AvgIpc) is 3.22. The lowest BCUT2D eigenvalue weighted by atomic mass is 10.1. The van der Waals surface area contributed by atoms with Crippen LogP contribution in [-0.4, -0.2) is 63.7 Å². The minimum atomic E-state index is -0.196. The predicted molar refractivity (Wildman–Crippen MR) is 108 cm³/mol. The van der Waals surface area contributed by atoms with Crippen molar-refractivity contribution in [3.63, 3.8) is 0 Å². The summed E-state index contributed by atoms with van der Waals surface area (Å²) in [5.41, 5.74) is 2.02. The van der Waals surface area contributed by atoms with Crippen molar-refractivity contribution in [2.45, 2.75) is 19.8 Å². The molecule has 152 valence electrons. The van der Waals surface area contributed by atoms with Crippen molar-refractivity contribution < 1.29 is 9.53 Å². The summed E-state index contributed by atoms with van der Waals surface area (Å²) < 4.78 is 6.75. The molecule has 0 radical (unpaired) electrons. The molecular weight excluding hydrogens is 372 g/mol. The van der Waals surface area contributed by atoms with Crippen LogP contribution in [0.5, 0.6) is 5.75 Å². The fraction of sp³-hybridized carbons (Fsp3) is 0.400. The number of piperazine rings is 1. The zero-order valence-electron chi connectivity index (χ0n) is 16.6. The Hall–Kier alpha value is -3.36. The third-order valence-electron chi connectivity index (χ3n) is 5.38. The third kappa shape index (κ3) is 3.67. The number of aromatic amines is 1. The maximum absolute atomic E-state index is 12.7. The van der Waals surface area contributed by atoms with E-state index in [0.717, 1.165) is 24.5 Å². The van der Waals surface area contributed by atoms with E-state index < -0.39 is 0 Å². The van der Waals surface area contributed by atoms with E-state index in [-0.39, 0.29) is 17.9 Å². The van der Waals surface area contributed by atoms with Crippen LogP contribution in [0.25, 0.3) is 5.78 Å². The molecule has 29 heavy (non-hydrogen) atoms. The van der Waals surface area contributed by atoms with Crippen LogP contribution in [0.4, 0.5) is 5.69 Å². The van der Waals surface area contributed by atoms with Crippen molar-refractivity contribution in [1.29, 1.82) is 0 Å². The lowest BCUT2D eigenvalue weighted by Crippen LogP contribution is -2.49. The monoisotopic (exact) mass is 396 g/mol. The molecule has 1 fully saturated rings. The number of rotatable bonds is 5.